The van der Waals surface area contributed by atoms with Gasteiger partial charge in [-0.25, -0.2) is 0 Å². The standard InChI is InChI=1S/C9H8ClNO3.Na/c10-8(9(12)13)11-14-6-7-4-2-1-3-5-7;/h1-5H,6H2,(H,12,13);/q;+1/p-1/b11-8-;. The van der Waals surface area contributed by atoms with Gasteiger partial charge in [-0.2, -0.15) is 0 Å². The van der Waals surface area contributed by atoms with Crippen LogP contribution in [0.3, 0.4) is 0 Å². The molecule has 0 fully saturated rings. The molecule has 0 N–H and O–H groups in total. The number of aliphatic carboxylic acids is 1. The molecule has 15 heavy (non-hydrogen) atoms. The molecule has 0 aliphatic carbocycles. The normalized spacial score (nSPS) is 10.3. The van der Waals surface area contributed by atoms with Gasteiger partial charge in [-0.05, 0) is 5.56 Å². The maximum absolute atomic E-state index is 10.1. The maximum Gasteiger partial charge on any atom is 1.00 e. The van der Waals surface area contributed by atoms with E-state index in [9.17, 15) is 9.90 Å². The largest absolute Gasteiger partial charge is 1.00 e. The average molecular weight is 236 g/mol. The molecule has 0 bridgehead atoms. The Kier molecular flexibility index (Phi) is 7.42. The summed E-state index contributed by atoms with van der Waals surface area (Å²) in [6.07, 6.45) is 0. The van der Waals surface area contributed by atoms with E-state index in [0.717, 1.165) is 5.56 Å². The number of carboxylic acid groups (broad SMARTS) is 1. The second-order valence-electron chi connectivity index (χ2n) is 2.43. The number of nitrogens with zero attached hydrogens (tertiary/aromatic N) is 1. The molecule has 1 aromatic carbocycles. The first kappa shape index (κ1) is 14.5. The van der Waals surface area contributed by atoms with Crippen molar-refractivity contribution in [3.05, 3.63) is 35.9 Å². The van der Waals surface area contributed by atoms with E-state index in [-0.39, 0.29) is 36.2 Å². The first-order chi connectivity index (χ1) is 6.70. The number of carbonyl (C=O) groups is 1. The molecule has 0 saturated heterocycles. The third-order valence-electron chi connectivity index (χ3n) is 1.39. The van der Waals surface area contributed by atoms with Gasteiger partial charge in [0.1, 0.15) is 12.6 Å². The van der Waals surface area contributed by atoms with Crippen molar-refractivity contribution in [1.29, 1.82) is 0 Å². The molecule has 6 heteroatoms. The third-order valence-corrected chi connectivity index (χ3v) is 1.61. The van der Waals surface area contributed by atoms with Gasteiger partial charge in [-0.15, -0.1) is 0 Å². The molecule has 0 aromatic heterocycles. The van der Waals surface area contributed by atoms with Gasteiger partial charge in [0.25, 0.3) is 0 Å². The zero-order valence-electron chi connectivity index (χ0n) is 8.14. The summed E-state index contributed by atoms with van der Waals surface area (Å²) in [5, 5.41) is 12.5. The zero-order chi connectivity index (χ0) is 10.4. The van der Waals surface area contributed by atoms with Crippen molar-refractivity contribution >= 4 is 22.7 Å². The van der Waals surface area contributed by atoms with Crippen molar-refractivity contribution in [3.8, 4) is 0 Å². The van der Waals surface area contributed by atoms with Crippen LogP contribution in [0, 0.1) is 0 Å². The number of oxime groups is 1. The molecule has 0 amide bonds. The van der Waals surface area contributed by atoms with Crippen LogP contribution in [0.25, 0.3) is 0 Å². The smallest absolute Gasteiger partial charge is 0.542 e. The number of rotatable bonds is 4. The number of carbonyl (C=O) groups excluding carboxylic acids is 1. The summed E-state index contributed by atoms with van der Waals surface area (Å²) in [4.78, 5) is 14.8. The maximum atomic E-state index is 10.1. The van der Waals surface area contributed by atoms with Crippen molar-refractivity contribution in [2.24, 2.45) is 5.16 Å². The van der Waals surface area contributed by atoms with Crippen LogP contribution in [-0.4, -0.2) is 11.1 Å². The molecule has 0 heterocycles. The van der Waals surface area contributed by atoms with Gasteiger partial charge >= 0.3 is 29.6 Å². The molecule has 4 nitrogen and oxygen atoms in total. The predicted octanol–water partition coefficient (Wildman–Crippen LogP) is -2.49. The molecule has 74 valence electrons. The second-order valence-corrected chi connectivity index (χ2v) is 2.79. The fourth-order valence-corrected chi connectivity index (χ4v) is 0.824. The van der Waals surface area contributed by atoms with Crippen LogP contribution in [0.4, 0.5) is 0 Å². The van der Waals surface area contributed by atoms with Crippen molar-refractivity contribution in [1.82, 2.24) is 0 Å². The molecule has 1 aromatic rings. The first-order valence-electron chi connectivity index (χ1n) is 3.81. The topological polar surface area (TPSA) is 61.7 Å². The van der Waals surface area contributed by atoms with E-state index in [4.69, 9.17) is 11.6 Å². The van der Waals surface area contributed by atoms with Gasteiger partial charge in [0.05, 0.1) is 0 Å². The Morgan fingerprint density at radius 3 is 2.53 bits per heavy atom. The predicted molar refractivity (Wildman–Crippen MR) is 49.5 cm³/mol. The minimum atomic E-state index is -1.56. The third kappa shape index (κ3) is 5.79. The Hall–Kier alpha value is -0.550. The molecule has 1 rings (SSSR count). The van der Waals surface area contributed by atoms with Crippen molar-refractivity contribution in [2.45, 2.75) is 6.61 Å². The van der Waals surface area contributed by atoms with E-state index in [1.54, 1.807) is 0 Å². The minimum absolute atomic E-state index is 0. The SMILES string of the molecule is O=C([O-])/C(Cl)=N/OCc1ccccc1.[Na+]. The Morgan fingerprint density at radius 2 is 2.00 bits per heavy atom. The molecular weight excluding hydrogens is 229 g/mol. The Balaban J connectivity index is 0.00000196. The van der Waals surface area contributed by atoms with Crippen LogP contribution < -0.4 is 34.7 Å². The number of halogens is 1. The Morgan fingerprint density at radius 1 is 1.40 bits per heavy atom. The van der Waals surface area contributed by atoms with Gasteiger partial charge in [-0.1, -0.05) is 47.1 Å². The summed E-state index contributed by atoms with van der Waals surface area (Å²) in [5.74, 6) is -1.56. The summed E-state index contributed by atoms with van der Waals surface area (Å²) >= 11 is 5.14. The van der Waals surface area contributed by atoms with Crippen LogP contribution in [0.5, 0.6) is 0 Å². The number of hydrogen-bond donors (Lipinski definition) is 0. The van der Waals surface area contributed by atoms with Gasteiger partial charge in [0.15, 0.2) is 5.17 Å². The van der Waals surface area contributed by atoms with Crippen LogP contribution in [0.1, 0.15) is 5.56 Å². The molecule has 0 radical (unpaired) electrons. The van der Waals surface area contributed by atoms with E-state index in [2.05, 4.69) is 9.99 Å². The van der Waals surface area contributed by atoms with Crippen LogP contribution in [0.15, 0.2) is 35.5 Å². The van der Waals surface area contributed by atoms with Crippen LogP contribution >= 0.6 is 11.6 Å². The van der Waals surface area contributed by atoms with Crippen molar-refractivity contribution < 1.29 is 44.3 Å². The zero-order valence-corrected chi connectivity index (χ0v) is 10.9. The summed E-state index contributed by atoms with van der Waals surface area (Å²) in [6.45, 7) is 0.171. The van der Waals surface area contributed by atoms with E-state index in [1.165, 1.54) is 0 Å². The van der Waals surface area contributed by atoms with Crippen LogP contribution in [-0.2, 0) is 16.2 Å². The molecular formula is C9H7ClNNaO3. The van der Waals surface area contributed by atoms with E-state index in [1.807, 2.05) is 30.3 Å². The van der Waals surface area contributed by atoms with E-state index >= 15 is 0 Å². The van der Waals surface area contributed by atoms with Gasteiger partial charge < -0.3 is 14.7 Å². The molecule has 0 aliphatic rings. The van der Waals surface area contributed by atoms with Crippen LogP contribution in [0.2, 0.25) is 0 Å². The molecule has 0 unspecified atom stereocenters. The number of hydrogen-bond acceptors (Lipinski definition) is 4. The number of benzene rings is 1. The monoisotopic (exact) mass is 235 g/mol. The van der Waals surface area contributed by atoms with Gasteiger partial charge in [0.2, 0.25) is 0 Å². The number of carboxylic acids is 1. The van der Waals surface area contributed by atoms with Crippen molar-refractivity contribution in [2.75, 3.05) is 0 Å². The fourth-order valence-electron chi connectivity index (χ4n) is 0.775. The molecule has 0 saturated carbocycles. The van der Waals surface area contributed by atoms with Gasteiger partial charge in [0, 0.05) is 0 Å². The minimum Gasteiger partial charge on any atom is -0.542 e. The first-order valence-corrected chi connectivity index (χ1v) is 4.18. The van der Waals surface area contributed by atoms with E-state index < -0.39 is 11.1 Å². The molecule has 0 aliphatic heterocycles. The quantitative estimate of drug-likeness (QED) is 0.330. The average Bonchev–Trinajstić information content (AvgIpc) is 2.19. The summed E-state index contributed by atoms with van der Waals surface area (Å²) in [6, 6.07) is 9.18. The Bertz CT molecular complexity index is 342. The Labute approximate surface area is 114 Å². The molecule has 0 atom stereocenters. The fraction of sp³-hybridized carbons (Fsp3) is 0.111. The molecule has 0 spiro atoms. The van der Waals surface area contributed by atoms with E-state index in [0.29, 0.717) is 0 Å². The summed E-state index contributed by atoms with van der Waals surface area (Å²) in [7, 11) is 0. The second kappa shape index (κ2) is 7.70. The van der Waals surface area contributed by atoms with Crippen molar-refractivity contribution in [3.63, 3.8) is 0 Å². The summed E-state index contributed by atoms with van der Waals surface area (Å²) in [5.41, 5.74) is 0.874. The van der Waals surface area contributed by atoms with Gasteiger partial charge in [-0.3, -0.25) is 0 Å². The summed E-state index contributed by atoms with van der Waals surface area (Å²) < 4.78 is 0.